The third-order valence-corrected chi connectivity index (χ3v) is 17.2. The van der Waals surface area contributed by atoms with Crippen molar-refractivity contribution < 1.29 is 24.5 Å². The summed E-state index contributed by atoms with van der Waals surface area (Å²) in [6.07, 6.45) is 81.5. The van der Waals surface area contributed by atoms with Crippen LogP contribution in [0.2, 0.25) is 0 Å². The lowest BCUT2D eigenvalue weighted by molar-refractivity contribution is -0.143. The molecule has 0 fully saturated rings. The molecule has 6 nitrogen and oxygen atoms in total. The first-order chi connectivity index (χ1) is 38.0. The molecule has 0 aliphatic heterocycles. The summed E-state index contributed by atoms with van der Waals surface area (Å²) in [5.74, 6) is -0.00676. The number of esters is 1. The molecular formula is C71H141NO5. The van der Waals surface area contributed by atoms with Crippen LogP contribution in [0.1, 0.15) is 418 Å². The molecule has 0 saturated carbocycles. The monoisotopic (exact) mass is 1090 g/mol. The summed E-state index contributed by atoms with van der Waals surface area (Å²) in [5.41, 5.74) is 0. The van der Waals surface area contributed by atoms with Gasteiger partial charge in [0, 0.05) is 12.8 Å². The zero-order valence-electron chi connectivity index (χ0n) is 52.7. The highest BCUT2D eigenvalue weighted by atomic mass is 16.5. The second-order valence-electron chi connectivity index (χ2n) is 24.9. The molecule has 0 heterocycles. The number of unbranched alkanes of at least 4 members (excludes halogenated alkanes) is 57. The normalized spacial score (nSPS) is 12.4. The minimum absolute atomic E-state index is 0.0213. The van der Waals surface area contributed by atoms with Crippen molar-refractivity contribution in [2.24, 2.45) is 0 Å². The molecule has 0 aromatic carbocycles. The predicted molar refractivity (Wildman–Crippen MR) is 338 cm³/mol. The summed E-state index contributed by atoms with van der Waals surface area (Å²) < 4.78 is 5.51. The van der Waals surface area contributed by atoms with Crippen LogP contribution in [0.5, 0.6) is 0 Å². The molecule has 2 atom stereocenters. The van der Waals surface area contributed by atoms with E-state index in [0.717, 1.165) is 38.5 Å². The Hall–Kier alpha value is -1.14. The quantitative estimate of drug-likeness (QED) is 0.0417. The molecule has 0 radical (unpaired) electrons. The van der Waals surface area contributed by atoms with Crippen molar-refractivity contribution in [3.05, 3.63) is 0 Å². The first-order valence-electron chi connectivity index (χ1n) is 35.8. The maximum Gasteiger partial charge on any atom is 0.305 e. The average Bonchev–Trinajstić information content (AvgIpc) is 3.43. The topological polar surface area (TPSA) is 95.9 Å². The minimum atomic E-state index is -0.663. The van der Waals surface area contributed by atoms with Crippen molar-refractivity contribution in [2.45, 2.75) is 431 Å². The van der Waals surface area contributed by atoms with Crippen LogP contribution < -0.4 is 5.32 Å². The predicted octanol–water partition coefficient (Wildman–Crippen LogP) is 23.0. The summed E-state index contributed by atoms with van der Waals surface area (Å²) >= 11 is 0. The summed E-state index contributed by atoms with van der Waals surface area (Å²) in [4.78, 5) is 24.6. The average molecular weight is 1090 g/mol. The van der Waals surface area contributed by atoms with Gasteiger partial charge in [0.15, 0.2) is 0 Å². The Bertz CT molecular complexity index is 1120. The highest BCUT2D eigenvalue weighted by molar-refractivity contribution is 5.76. The number of hydrogen-bond donors (Lipinski definition) is 3. The fourth-order valence-electron chi connectivity index (χ4n) is 11.7. The largest absolute Gasteiger partial charge is 0.466 e. The number of aliphatic hydroxyl groups is 2. The molecule has 0 aliphatic carbocycles. The van der Waals surface area contributed by atoms with Crippen LogP contribution in [0.15, 0.2) is 0 Å². The van der Waals surface area contributed by atoms with Crippen LogP contribution >= 0.6 is 0 Å². The molecule has 0 spiro atoms. The molecule has 1 amide bonds. The molecule has 460 valence electrons. The lowest BCUT2D eigenvalue weighted by Crippen LogP contribution is -2.45. The van der Waals surface area contributed by atoms with E-state index in [1.807, 2.05) is 0 Å². The van der Waals surface area contributed by atoms with E-state index < -0.39 is 12.1 Å². The zero-order valence-corrected chi connectivity index (χ0v) is 52.7. The van der Waals surface area contributed by atoms with Crippen molar-refractivity contribution in [3.8, 4) is 0 Å². The van der Waals surface area contributed by atoms with Gasteiger partial charge < -0.3 is 20.3 Å². The van der Waals surface area contributed by atoms with E-state index in [0.29, 0.717) is 25.9 Å². The molecule has 2 unspecified atom stereocenters. The van der Waals surface area contributed by atoms with Gasteiger partial charge in [-0.1, -0.05) is 380 Å². The molecule has 6 heteroatoms. The molecule has 0 aromatic rings. The molecule has 0 aromatic heterocycles. The highest BCUT2D eigenvalue weighted by Gasteiger charge is 2.20. The molecule has 0 aliphatic rings. The number of carbonyl (C=O) groups excluding carboxylic acids is 2. The van der Waals surface area contributed by atoms with Crippen molar-refractivity contribution in [1.82, 2.24) is 5.32 Å². The lowest BCUT2D eigenvalue weighted by atomic mass is 10.0. The van der Waals surface area contributed by atoms with Crippen LogP contribution in [0, 0.1) is 0 Å². The number of nitrogens with one attached hydrogen (secondary N) is 1. The number of hydrogen-bond acceptors (Lipinski definition) is 5. The SMILES string of the molecule is CCCCCCCCCCCCCCCCCCCCCC(O)C(CO)NC(=O)CCCCCCCCCCCCCCCCCCCCCCCCCCCOC(=O)CCCCCCCCCCCCCCCCCC. The molecular weight excluding hydrogens is 947 g/mol. The molecule has 0 saturated heterocycles. The van der Waals surface area contributed by atoms with Gasteiger partial charge in [0.2, 0.25) is 5.91 Å². The van der Waals surface area contributed by atoms with Crippen molar-refractivity contribution >= 4 is 11.9 Å². The van der Waals surface area contributed by atoms with Gasteiger partial charge in [-0.2, -0.15) is 0 Å². The van der Waals surface area contributed by atoms with Crippen molar-refractivity contribution in [3.63, 3.8) is 0 Å². The van der Waals surface area contributed by atoms with E-state index in [9.17, 15) is 19.8 Å². The first kappa shape index (κ1) is 75.9. The Balaban J connectivity index is 3.34. The zero-order chi connectivity index (χ0) is 55.7. The summed E-state index contributed by atoms with van der Waals surface area (Å²) in [6.45, 7) is 5.01. The lowest BCUT2D eigenvalue weighted by Gasteiger charge is -2.22. The van der Waals surface area contributed by atoms with Crippen LogP contribution in [0.4, 0.5) is 0 Å². The van der Waals surface area contributed by atoms with Crippen LogP contribution in [0.3, 0.4) is 0 Å². The van der Waals surface area contributed by atoms with E-state index in [2.05, 4.69) is 19.2 Å². The number of amides is 1. The summed E-state index contributed by atoms with van der Waals surface area (Å²) in [7, 11) is 0. The standard InChI is InChI=1S/C71H141NO5/c1-3-5-7-9-11-13-15-17-19-21-29-32-35-39-43-47-51-55-59-63-69(74)68(67-73)72-70(75)64-60-56-52-48-44-40-36-33-30-27-25-23-22-24-26-28-31-34-38-42-46-50-54-58-62-66-77-71(76)65-61-57-53-49-45-41-37-20-18-16-14-12-10-8-6-4-2/h68-69,73-74H,3-67H2,1-2H3,(H,72,75). The molecule has 3 N–H and O–H groups in total. The van der Waals surface area contributed by atoms with E-state index in [1.165, 1.54) is 347 Å². The van der Waals surface area contributed by atoms with Crippen molar-refractivity contribution in [2.75, 3.05) is 13.2 Å². The van der Waals surface area contributed by atoms with Gasteiger partial charge in [-0.15, -0.1) is 0 Å². The Labute approximate surface area is 483 Å². The fraction of sp³-hybridized carbons (Fsp3) is 0.972. The van der Waals surface area contributed by atoms with Crippen LogP contribution in [0.25, 0.3) is 0 Å². The maximum absolute atomic E-state index is 12.5. The number of aliphatic hydroxyl groups excluding tert-OH is 2. The van der Waals surface area contributed by atoms with Gasteiger partial charge >= 0.3 is 5.97 Å². The Morgan fingerprint density at radius 2 is 0.532 bits per heavy atom. The molecule has 0 bridgehead atoms. The molecule has 77 heavy (non-hydrogen) atoms. The van der Waals surface area contributed by atoms with Crippen LogP contribution in [-0.2, 0) is 14.3 Å². The molecule has 0 rings (SSSR count). The maximum atomic E-state index is 12.5. The van der Waals surface area contributed by atoms with E-state index in [-0.39, 0.29) is 18.5 Å². The van der Waals surface area contributed by atoms with Crippen molar-refractivity contribution in [1.29, 1.82) is 0 Å². The second kappa shape index (κ2) is 67.4. The Morgan fingerprint density at radius 1 is 0.312 bits per heavy atom. The Morgan fingerprint density at radius 3 is 0.792 bits per heavy atom. The van der Waals surface area contributed by atoms with Gasteiger partial charge in [0.25, 0.3) is 0 Å². The summed E-state index contributed by atoms with van der Waals surface area (Å²) in [5, 5.41) is 23.4. The first-order valence-corrected chi connectivity index (χ1v) is 35.8. The highest BCUT2D eigenvalue weighted by Crippen LogP contribution is 2.20. The number of ether oxygens (including phenoxy) is 1. The van der Waals surface area contributed by atoms with Gasteiger partial charge in [-0.25, -0.2) is 0 Å². The van der Waals surface area contributed by atoms with Crippen LogP contribution in [-0.4, -0.2) is 47.4 Å². The van der Waals surface area contributed by atoms with E-state index >= 15 is 0 Å². The third-order valence-electron chi connectivity index (χ3n) is 17.2. The third kappa shape index (κ3) is 63.9. The summed E-state index contributed by atoms with van der Waals surface area (Å²) in [6, 6.07) is -0.540. The number of rotatable bonds is 68. The second-order valence-corrected chi connectivity index (χ2v) is 24.9. The van der Waals surface area contributed by atoms with Gasteiger partial charge in [-0.05, 0) is 25.7 Å². The van der Waals surface area contributed by atoms with Gasteiger partial charge in [-0.3, -0.25) is 9.59 Å². The fourth-order valence-corrected chi connectivity index (χ4v) is 11.7. The Kier molecular flexibility index (Phi) is 66.4. The van der Waals surface area contributed by atoms with Gasteiger partial charge in [0.1, 0.15) is 0 Å². The van der Waals surface area contributed by atoms with E-state index in [1.54, 1.807) is 0 Å². The smallest absolute Gasteiger partial charge is 0.305 e. The minimum Gasteiger partial charge on any atom is -0.466 e. The number of carbonyl (C=O) groups is 2. The van der Waals surface area contributed by atoms with Gasteiger partial charge in [0.05, 0.1) is 25.4 Å². The van der Waals surface area contributed by atoms with E-state index in [4.69, 9.17) is 4.74 Å².